The molecule has 1 N–H and O–H groups in total. The number of benzene rings is 3. The molecule has 0 aliphatic heterocycles. The number of carbonyl (C=O) groups excluding carboxylic acids is 1. The van der Waals surface area contributed by atoms with E-state index >= 15 is 0 Å². The Morgan fingerprint density at radius 2 is 2.03 bits per heavy atom. The number of hydrogen-bond donors (Lipinski definition) is 1. The van der Waals surface area contributed by atoms with Crippen molar-refractivity contribution in [3.63, 3.8) is 0 Å². The molecule has 3 aromatic carbocycles. The average Bonchev–Trinajstić information content (AvgIpc) is 3.27. The highest BCUT2D eigenvalue weighted by Crippen LogP contribution is 2.34. The minimum atomic E-state index is -0.477. The van der Waals surface area contributed by atoms with Crippen LogP contribution < -0.4 is 14.9 Å². The lowest BCUT2D eigenvalue weighted by Gasteiger charge is -2.14. The number of hydrazone groups is 1. The largest absolute Gasteiger partial charge is 0.490 e. The topological polar surface area (TPSA) is 116 Å². The molecule has 1 aromatic heterocycles. The summed E-state index contributed by atoms with van der Waals surface area (Å²) >= 11 is 5.51. The van der Waals surface area contributed by atoms with Gasteiger partial charge in [0.25, 0.3) is 5.69 Å². The number of hydrogen-bond acceptors (Lipinski definition) is 7. The molecule has 0 radical (unpaired) electrons. The summed E-state index contributed by atoms with van der Waals surface area (Å²) in [6, 6.07) is 16.9. The molecule has 0 spiro atoms. The fraction of sp³-hybridized carbons (Fsp3) is 0.120. The summed E-state index contributed by atoms with van der Waals surface area (Å²) in [5, 5.41) is 15.9. The summed E-state index contributed by atoms with van der Waals surface area (Å²) < 4.78 is 18.9. The predicted octanol–water partition coefficient (Wildman–Crippen LogP) is 6.45. The molecule has 0 unspecified atom stereocenters. The third kappa shape index (κ3) is 6.21. The Hall–Kier alpha value is -3.45. The summed E-state index contributed by atoms with van der Waals surface area (Å²) in [6.07, 6.45) is 1.49. The molecule has 0 atom stereocenters. The fourth-order valence-electron chi connectivity index (χ4n) is 3.33. The van der Waals surface area contributed by atoms with Crippen molar-refractivity contribution in [2.24, 2.45) is 5.10 Å². The maximum Gasteiger partial charge on any atom is 0.307 e. The quantitative estimate of drug-likeness (QED) is 0.0952. The highest BCUT2D eigenvalue weighted by molar-refractivity contribution is 14.1. The van der Waals surface area contributed by atoms with E-state index in [-0.39, 0.29) is 18.1 Å². The SMILES string of the molecule is CCOc1cc(/C=N/NC(=O)c2cc3cc(Br)ccc3o2)cc(I)c1OCc1cccc([N+](=O)[O-])c1. The van der Waals surface area contributed by atoms with E-state index in [2.05, 4.69) is 49.0 Å². The highest BCUT2D eigenvalue weighted by Gasteiger charge is 2.14. The van der Waals surface area contributed by atoms with Gasteiger partial charge in [-0.1, -0.05) is 28.1 Å². The first-order valence-corrected chi connectivity index (χ1v) is 12.6. The predicted molar refractivity (Wildman–Crippen MR) is 147 cm³/mol. The minimum absolute atomic E-state index is 0.0000438. The molecule has 36 heavy (non-hydrogen) atoms. The fourth-order valence-corrected chi connectivity index (χ4v) is 4.49. The van der Waals surface area contributed by atoms with Crippen LogP contribution in [0.1, 0.15) is 28.6 Å². The lowest BCUT2D eigenvalue weighted by molar-refractivity contribution is -0.384. The van der Waals surface area contributed by atoms with Crippen molar-refractivity contribution in [2.75, 3.05) is 6.61 Å². The second-order valence-electron chi connectivity index (χ2n) is 7.47. The molecule has 184 valence electrons. The number of ether oxygens (including phenoxy) is 2. The number of amides is 1. The number of non-ortho nitro benzene ring substituents is 1. The molecule has 0 bridgehead atoms. The number of halogens is 2. The van der Waals surface area contributed by atoms with Crippen molar-refractivity contribution in [3.8, 4) is 11.5 Å². The highest BCUT2D eigenvalue weighted by atomic mass is 127. The van der Waals surface area contributed by atoms with Gasteiger partial charge in [0, 0.05) is 22.0 Å². The number of nitro benzene ring substituents is 1. The van der Waals surface area contributed by atoms with E-state index in [9.17, 15) is 14.9 Å². The molecule has 1 amide bonds. The second-order valence-corrected chi connectivity index (χ2v) is 9.55. The van der Waals surface area contributed by atoms with Gasteiger partial charge in [0.15, 0.2) is 17.3 Å². The first kappa shape index (κ1) is 25.6. The van der Waals surface area contributed by atoms with Crippen LogP contribution >= 0.6 is 38.5 Å². The van der Waals surface area contributed by atoms with Gasteiger partial charge in [0.2, 0.25) is 0 Å². The lowest BCUT2D eigenvalue weighted by atomic mass is 10.2. The van der Waals surface area contributed by atoms with Gasteiger partial charge < -0.3 is 13.9 Å². The summed E-state index contributed by atoms with van der Waals surface area (Å²) in [6.45, 7) is 2.39. The van der Waals surface area contributed by atoms with Crippen LogP contribution in [0, 0.1) is 13.7 Å². The Kier molecular flexibility index (Phi) is 8.21. The maximum atomic E-state index is 12.4. The average molecular weight is 664 g/mol. The molecule has 11 heteroatoms. The van der Waals surface area contributed by atoms with Crippen LogP contribution in [0.4, 0.5) is 5.69 Å². The monoisotopic (exact) mass is 663 g/mol. The van der Waals surface area contributed by atoms with Gasteiger partial charge in [-0.25, -0.2) is 5.43 Å². The second kappa shape index (κ2) is 11.5. The number of carbonyl (C=O) groups is 1. The molecule has 1 heterocycles. The zero-order valence-corrected chi connectivity index (χ0v) is 22.6. The van der Waals surface area contributed by atoms with Crippen molar-refractivity contribution in [2.45, 2.75) is 13.5 Å². The molecule has 4 aromatic rings. The summed E-state index contributed by atoms with van der Waals surface area (Å²) in [4.78, 5) is 23.0. The van der Waals surface area contributed by atoms with Crippen LogP contribution in [-0.4, -0.2) is 23.7 Å². The zero-order chi connectivity index (χ0) is 25.7. The molecule has 0 saturated carbocycles. The summed E-state index contributed by atoms with van der Waals surface area (Å²) in [7, 11) is 0. The summed E-state index contributed by atoms with van der Waals surface area (Å²) in [5.41, 5.74) is 4.41. The maximum absolute atomic E-state index is 12.4. The van der Waals surface area contributed by atoms with E-state index in [1.165, 1.54) is 18.3 Å². The van der Waals surface area contributed by atoms with Crippen LogP contribution in [-0.2, 0) is 6.61 Å². The van der Waals surface area contributed by atoms with Gasteiger partial charge >= 0.3 is 5.91 Å². The van der Waals surface area contributed by atoms with Crippen LogP contribution in [0.3, 0.4) is 0 Å². The first-order chi connectivity index (χ1) is 17.3. The van der Waals surface area contributed by atoms with Gasteiger partial charge in [-0.05, 0) is 77.0 Å². The van der Waals surface area contributed by atoms with E-state index in [1.807, 2.05) is 25.1 Å². The van der Waals surface area contributed by atoms with Crippen molar-refractivity contribution >= 4 is 67.3 Å². The van der Waals surface area contributed by atoms with Crippen molar-refractivity contribution < 1.29 is 23.6 Å². The first-order valence-electron chi connectivity index (χ1n) is 10.7. The Balaban J connectivity index is 1.47. The standard InChI is InChI=1S/C25H19BrIN3O6/c1-2-34-22-10-16(9-20(27)24(22)35-14-15-4-3-5-19(8-15)30(32)33)13-28-29-25(31)23-12-17-11-18(26)6-7-21(17)36-23/h3-13H,2,14H2,1H3,(H,29,31)/b28-13+. The van der Waals surface area contributed by atoms with E-state index in [4.69, 9.17) is 13.9 Å². The molecular formula is C25H19BrIN3O6. The Labute approximate surface area is 227 Å². The van der Waals surface area contributed by atoms with Gasteiger partial charge in [-0.2, -0.15) is 5.10 Å². The molecular weight excluding hydrogens is 645 g/mol. The number of nitro groups is 1. The Morgan fingerprint density at radius 3 is 2.81 bits per heavy atom. The number of rotatable bonds is 9. The molecule has 9 nitrogen and oxygen atoms in total. The van der Waals surface area contributed by atoms with Crippen molar-refractivity contribution in [1.82, 2.24) is 5.43 Å². The molecule has 0 saturated heterocycles. The van der Waals surface area contributed by atoms with E-state index < -0.39 is 10.8 Å². The van der Waals surface area contributed by atoms with Crippen LogP contribution in [0.15, 0.2) is 74.7 Å². The third-order valence-electron chi connectivity index (χ3n) is 4.92. The Bertz CT molecular complexity index is 1470. The van der Waals surface area contributed by atoms with Crippen LogP contribution in [0.2, 0.25) is 0 Å². The minimum Gasteiger partial charge on any atom is -0.490 e. The third-order valence-corrected chi connectivity index (χ3v) is 6.21. The van der Waals surface area contributed by atoms with Gasteiger partial charge in [-0.3, -0.25) is 14.9 Å². The number of furan rings is 1. The van der Waals surface area contributed by atoms with Crippen LogP contribution in [0.5, 0.6) is 11.5 Å². The van der Waals surface area contributed by atoms with Gasteiger partial charge in [0.1, 0.15) is 12.2 Å². The molecule has 4 rings (SSSR count). The number of nitrogens with one attached hydrogen (secondary N) is 1. The van der Waals surface area contributed by atoms with E-state index in [1.54, 1.807) is 30.3 Å². The van der Waals surface area contributed by atoms with Gasteiger partial charge in [0.05, 0.1) is 21.3 Å². The number of fused-ring (bicyclic) bond motifs is 1. The van der Waals surface area contributed by atoms with Crippen molar-refractivity contribution in [1.29, 1.82) is 0 Å². The zero-order valence-electron chi connectivity index (χ0n) is 18.9. The molecule has 0 aliphatic rings. The van der Waals surface area contributed by atoms with E-state index in [0.29, 0.717) is 34.8 Å². The van der Waals surface area contributed by atoms with E-state index in [0.717, 1.165) is 13.4 Å². The smallest absolute Gasteiger partial charge is 0.307 e. The van der Waals surface area contributed by atoms with Gasteiger partial charge in [-0.15, -0.1) is 0 Å². The molecule has 0 aliphatic carbocycles. The Morgan fingerprint density at radius 1 is 1.19 bits per heavy atom. The van der Waals surface area contributed by atoms with Crippen LogP contribution in [0.25, 0.3) is 11.0 Å². The number of nitrogens with zero attached hydrogens (tertiary/aromatic N) is 2. The summed E-state index contributed by atoms with van der Waals surface area (Å²) in [5.74, 6) is 0.675. The normalized spacial score (nSPS) is 11.1. The lowest BCUT2D eigenvalue weighted by Crippen LogP contribution is -2.16. The molecule has 0 fully saturated rings. The van der Waals surface area contributed by atoms with Crippen molar-refractivity contribution in [3.05, 3.63) is 95.7 Å².